The molecule has 1 aliphatic rings. The Balaban J connectivity index is 0.000000262. The molecule has 6 nitrogen and oxygen atoms in total. The Labute approximate surface area is 93.4 Å². The first kappa shape index (κ1) is 15.7. The largest absolute Gasteiger partial charge is 0.407 e. The van der Waals surface area contributed by atoms with Crippen molar-refractivity contribution in [3.63, 3.8) is 0 Å². The first-order valence-corrected chi connectivity index (χ1v) is 9.99. The van der Waals surface area contributed by atoms with E-state index in [1.165, 1.54) is 19.5 Å². The Kier molecular flexibility index (Phi) is 6.68. The SMILES string of the molecule is CP(=O)(O)P(=O)(O)O.CS[C@H]1CCNC1. The van der Waals surface area contributed by atoms with E-state index in [9.17, 15) is 9.13 Å². The van der Waals surface area contributed by atoms with Gasteiger partial charge in [-0.05, 0) is 19.2 Å². The average molecular weight is 277 g/mol. The van der Waals surface area contributed by atoms with Crippen molar-refractivity contribution in [2.45, 2.75) is 11.7 Å². The van der Waals surface area contributed by atoms with E-state index in [0.717, 1.165) is 5.25 Å². The summed E-state index contributed by atoms with van der Waals surface area (Å²) in [7, 11) is -8.92. The molecule has 1 heterocycles. The van der Waals surface area contributed by atoms with Crippen molar-refractivity contribution >= 4 is 26.1 Å². The van der Waals surface area contributed by atoms with E-state index < -0.39 is 14.3 Å². The highest BCUT2D eigenvalue weighted by molar-refractivity contribution is 8.28. The van der Waals surface area contributed by atoms with Crippen molar-refractivity contribution in [3.05, 3.63) is 0 Å². The first-order valence-electron chi connectivity index (χ1n) is 4.28. The second-order valence-corrected chi connectivity index (χ2v) is 10.8. The second-order valence-electron chi connectivity index (χ2n) is 3.20. The monoisotopic (exact) mass is 277 g/mol. The smallest absolute Gasteiger partial charge is 0.336 e. The van der Waals surface area contributed by atoms with Crippen LogP contribution in [-0.4, -0.2) is 45.9 Å². The molecule has 1 aliphatic heterocycles. The molecule has 0 aromatic rings. The number of thioether (sulfide) groups is 1. The van der Waals surface area contributed by atoms with Crippen LogP contribution < -0.4 is 5.32 Å². The molecule has 1 saturated heterocycles. The fourth-order valence-corrected chi connectivity index (χ4v) is 1.47. The van der Waals surface area contributed by atoms with E-state index in [-0.39, 0.29) is 0 Å². The highest BCUT2D eigenvalue weighted by atomic mass is 32.2. The van der Waals surface area contributed by atoms with E-state index in [0.29, 0.717) is 6.66 Å². The molecule has 0 bridgehead atoms. The highest BCUT2D eigenvalue weighted by Gasteiger charge is 2.33. The van der Waals surface area contributed by atoms with Gasteiger partial charge in [0.2, 0.25) is 0 Å². The molecule has 0 radical (unpaired) electrons. The van der Waals surface area contributed by atoms with Gasteiger partial charge in [-0.25, -0.2) is 4.57 Å². The lowest BCUT2D eigenvalue weighted by molar-refractivity contribution is 0.378. The summed E-state index contributed by atoms with van der Waals surface area (Å²) in [4.78, 5) is 24.1. The minimum Gasteiger partial charge on any atom is -0.336 e. The minimum atomic E-state index is -4.74. The number of rotatable bonds is 2. The van der Waals surface area contributed by atoms with E-state index in [2.05, 4.69) is 11.6 Å². The molecule has 1 rings (SSSR count). The molecule has 15 heavy (non-hydrogen) atoms. The van der Waals surface area contributed by atoms with Gasteiger partial charge in [0.05, 0.1) is 0 Å². The Morgan fingerprint density at radius 3 is 1.93 bits per heavy atom. The van der Waals surface area contributed by atoms with Crippen LogP contribution in [0, 0.1) is 0 Å². The molecule has 92 valence electrons. The Morgan fingerprint density at radius 1 is 1.33 bits per heavy atom. The van der Waals surface area contributed by atoms with E-state index >= 15 is 0 Å². The first-order chi connectivity index (χ1) is 6.68. The maximum absolute atomic E-state index is 10.0. The summed E-state index contributed by atoms with van der Waals surface area (Å²) in [5, 5.41) is 4.21. The average Bonchev–Trinajstić information content (AvgIpc) is 2.52. The number of nitrogens with one attached hydrogen (secondary N) is 1. The molecule has 1 unspecified atom stereocenters. The zero-order valence-electron chi connectivity index (χ0n) is 8.66. The summed E-state index contributed by atoms with van der Waals surface area (Å²) in [5.41, 5.74) is 0. The Hall–Kier alpha value is 0.650. The van der Waals surface area contributed by atoms with Gasteiger partial charge in [0.1, 0.15) is 0 Å². The summed E-state index contributed by atoms with van der Waals surface area (Å²) in [6.07, 6.45) is 3.54. The number of hydrogen-bond donors (Lipinski definition) is 4. The molecule has 0 aromatic heterocycles. The third-order valence-corrected chi connectivity index (χ3v) is 6.77. The van der Waals surface area contributed by atoms with Crippen LogP contribution in [0.5, 0.6) is 0 Å². The van der Waals surface area contributed by atoms with Crippen LogP contribution in [0.1, 0.15) is 6.42 Å². The maximum Gasteiger partial charge on any atom is 0.407 e. The van der Waals surface area contributed by atoms with Gasteiger partial charge < -0.3 is 20.0 Å². The summed E-state index contributed by atoms with van der Waals surface area (Å²) in [5.74, 6) is 0. The molecule has 0 saturated carbocycles. The van der Waals surface area contributed by atoms with Crippen molar-refractivity contribution in [1.82, 2.24) is 5.32 Å². The lowest BCUT2D eigenvalue weighted by Crippen LogP contribution is -2.09. The van der Waals surface area contributed by atoms with Gasteiger partial charge in [-0.3, -0.25) is 4.57 Å². The molecule has 0 amide bonds. The lowest BCUT2D eigenvalue weighted by Gasteiger charge is -2.04. The van der Waals surface area contributed by atoms with Gasteiger partial charge in [-0.2, -0.15) is 11.8 Å². The molecule has 1 fully saturated rings. The van der Waals surface area contributed by atoms with E-state index in [4.69, 9.17) is 14.7 Å². The Morgan fingerprint density at radius 2 is 1.80 bits per heavy atom. The van der Waals surface area contributed by atoms with Crippen molar-refractivity contribution in [3.8, 4) is 0 Å². The molecular formula is C6H17NO5P2S. The van der Waals surface area contributed by atoms with Crippen molar-refractivity contribution < 1.29 is 23.8 Å². The topological polar surface area (TPSA) is 107 Å². The van der Waals surface area contributed by atoms with Crippen molar-refractivity contribution in [2.75, 3.05) is 26.0 Å². The lowest BCUT2D eigenvalue weighted by atomic mass is 10.4. The van der Waals surface area contributed by atoms with Crippen LogP contribution in [0.15, 0.2) is 0 Å². The van der Waals surface area contributed by atoms with Crippen molar-refractivity contribution in [1.29, 1.82) is 0 Å². The standard InChI is InChI=1S/C5H11NS.CH6O5P2/c1-7-5-2-3-6-4-5;1-7(2,3)8(4,5)6/h5-6H,2-4H2,1H3;1H3,(H,2,3)(H2,4,5,6)/t5-;/m0./s1. The van der Waals surface area contributed by atoms with Crippen LogP contribution in [0.2, 0.25) is 0 Å². The van der Waals surface area contributed by atoms with Gasteiger partial charge in [0.15, 0.2) is 0 Å². The van der Waals surface area contributed by atoms with Gasteiger partial charge >= 0.3 is 14.3 Å². The Bertz CT molecular complexity index is 249. The maximum atomic E-state index is 10.0. The van der Waals surface area contributed by atoms with Crippen LogP contribution in [0.25, 0.3) is 0 Å². The molecule has 4 N–H and O–H groups in total. The molecule has 0 aliphatic carbocycles. The van der Waals surface area contributed by atoms with Crippen LogP contribution in [0.3, 0.4) is 0 Å². The third kappa shape index (κ3) is 6.74. The van der Waals surface area contributed by atoms with Gasteiger partial charge in [0, 0.05) is 18.5 Å². The quantitative estimate of drug-likeness (QED) is 0.550. The summed E-state index contributed by atoms with van der Waals surface area (Å²) in [6, 6.07) is 0. The third-order valence-electron chi connectivity index (χ3n) is 1.83. The predicted octanol–water partition coefficient (Wildman–Crippen LogP) is 0.691. The zero-order valence-corrected chi connectivity index (χ0v) is 11.3. The second kappa shape index (κ2) is 6.40. The molecular weight excluding hydrogens is 260 g/mol. The van der Waals surface area contributed by atoms with Gasteiger partial charge in [-0.1, -0.05) is 0 Å². The van der Waals surface area contributed by atoms with Crippen molar-refractivity contribution in [2.24, 2.45) is 0 Å². The highest BCUT2D eigenvalue weighted by Crippen LogP contribution is 2.71. The zero-order chi connectivity index (χ0) is 12.1. The van der Waals surface area contributed by atoms with Crippen LogP contribution >= 0.6 is 26.1 Å². The fourth-order valence-electron chi connectivity index (χ4n) is 0.829. The summed E-state index contributed by atoms with van der Waals surface area (Å²) >= 11 is 1.97. The van der Waals surface area contributed by atoms with E-state index in [1.54, 1.807) is 0 Å². The molecule has 9 heteroatoms. The predicted molar refractivity (Wildman–Crippen MR) is 62.6 cm³/mol. The summed E-state index contributed by atoms with van der Waals surface area (Å²) in [6.45, 7) is 3.07. The van der Waals surface area contributed by atoms with Gasteiger partial charge in [0.25, 0.3) is 0 Å². The van der Waals surface area contributed by atoms with Crippen LogP contribution in [-0.2, 0) is 9.13 Å². The normalized spacial score (nSPS) is 25.3. The molecule has 0 spiro atoms. The van der Waals surface area contributed by atoms with E-state index in [1.807, 2.05) is 11.8 Å². The van der Waals surface area contributed by atoms with Gasteiger partial charge in [-0.15, -0.1) is 0 Å². The molecule has 2 atom stereocenters. The fraction of sp³-hybridized carbons (Fsp3) is 1.00. The van der Waals surface area contributed by atoms with Crippen LogP contribution in [0.4, 0.5) is 0 Å². The minimum absolute atomic E-state index is 0.619. The molecule has 0 aromatic carbocycles. The summed E-state index contributed by atoms with van der Waals surface area (Å²) < 4.78 is 19.9. The number of hydrogen-bond acceptors (Lipinski definition) is 4.